The molecule has 0 fully saturated rings. The molecule has 0 aliphatic carbocycles. The van der Waals surface area contributed by atoms with E-state index < -0.39 is 10.0 Å². The van der Waals surface area contributed by atoms with Gasteiger partial charge in [-0.05, 0) is 17.7 Å². The predicted octanol–water partition coefficient (Wildman–Crippen LogP) is 4.50. The van der Waals surface area contributed by atoms with Crippen LogP contribution in [0.25, 0.3) is 11.1 Å². The molecule has 0 aliphatic heterocycles. The van der Waals surface area contributed by atoms with Crippen LogP contribution in [0, 0.1) is 0 Å². The number of ether oxygens (including phenoxy) is 2. The van der Waals surface area contributed by atoms with E-state index in [4.69, 9.17) is 21.1 Å². The van der Waals surface area contributed by atoms with Gasteiger partial charge >= 0.3 is 0 Å². The molecule has 3 aromatic carbocycles. The zero-order valence-corrected chi connectivity index (χ0v) is 17.0. The highest BCUT2D eigenvalue weighted by atomic mass is 35.5. The Morgan fingerprint density at radius 1 is 0.929 bits per heavy atom. The lowest BCUT2D eigenvalue weighted by Crippen LogP contribution is -2.24. The summed E-state index contributed by atoms with van der Waals surface area (Å²) in [6.07, 6.45) is 0. The van der Waals surface area contributed by atoms with Gasteiger partial charge in [-0.3, -0.25) is 0 Å². The van der Waals surface area contributed by atoms with Crippen LogP contribution in [-0.2, 0) is 16.6 Å². The van der Waals surface area contributed by atoms with E-state index in [1.54, 1.807) is 43.5 Å². The van der Waals surface area contributed by atoms with Crippen LogP contribution in [0.15, 0.2) is 71.6 Å². The van der Waals surface area contributed by atoms with Crippen molar-refractivity contribution in [1.82, 2.24) is 4.72 Å². The molecule has 0 saturated carbocycles. The van der Waals surface area contributed by atoms with Crippen molar-refractivity contribution in [3.05, 3.63) is 77.3 Å². The van der Waals surface area contributed by atoms with Crippen molar-refractivity contribution >= 4 is 21.6 Å². The third-order valence-corrected chi connectivity index (χ3v) is 6.20. The van der Waals surface area contributed by atoms with Crippen LogP contribution >= 0.6 is 11.6 Å². The van der Waals surface area contributed by atoms with Gasteiger partial charge in [-0.15, -0.1) is 0 Å². The van der Waals surface area contributed by atoms with Crippen molar-refractivity contribution in [2.24, 2.45) is 0 Å². The lowest BCUT2D eigenvalue weighted by atomic mass is 10.1. The minimum atomic E-state index is -3.88. The Bertz CT molecular complexity index is 1070. The second kappa shape index (κ2) is 8.65. The molecule has 1 N–H and O–H groups in total. The van der Waals surface area contributed by atoms with E-state index in [9.17, 15) is 8.42 Å². The number of halogens is 1. The van der Waals surface area contributed by atoms with E-state index in [0.29, 0.717) is 22.6 Å². The number of methoxy groups -OCH3 is 2. The third kappa shape index (κ3) is 4.30. The monoisotopic (exact) mass is 417 g/mol. The van der Waals surface area contributed by atoms with Gasteiger partial charge in [-0.2, -0.15) is 0 Å². The topological polar surface area (TPSA) is 64.6 Å². The van der Waals surface area contributed by atoms with Crippen LogP contribution < -0.4 is 14.2 Å². The Morgan fingerprint density at radius 2 is 1.68 bits per heavy atom. The number of rotatable bonds is 7. The molecule has 0 aliphatic rings. The average molecular weight is 418 g/mol. The Hall–Kier alpha value is -2.54. The van der Waals surface area contributed by atoms with Crippen LogP contribution in [0.2, 0.25) is 5.02 Å². The van der Waals surface area contributed by atoms with E-state index in [-0.39, 0.29) is 16.5 Å². The first kappa shape index (κ1) is 20.2. The molecule has 0 amide bonds. The van der Waals surface area contributed by atoms with E-state index in [0.717, 1.165) is 5.56 Å². The third-order valence-electron chi connectivity index (χ3n) is 4.27. The standard InChI is InChI=1S/C21H20ClNO4S/c1-26-17-12-11-16(20(13-17)27-2)14-23-28(24,25)21-18(9-6-10-19(21)22)15-7-4-3-5-8-15/h3-13,23H,14H2,1-2H3. The highest BCUT2D eigenvalue weighted by Crippen LogP contribution is 2.33. The molecule has 0 spiro atoms. The van der Waals surface area contributed by atoms with Crippen molar-refractivity contribution < 1.29 is 17.9 Å². The summed E-state index contributed by atoms with van der Waals surface area (Å²) in [5.74, 6) is 1.16. The number of hydrogen-bond acceptors (Lipinski definition) is 4. The van der Waals surface area contributed by atoms with E-state index >= 15 is 0 Å². The average Bonchev–Trinajstić information content (AvgIpc) is 2.72. The van der Waals surface area contributed by atoms with Crippen LogP contribution in [0.4, 0.5) is 0 Å². The molecular formula is C21H20ClNO4S. The molecule has 0 bridgehead atoms. The summed E-state index contributed by atoms with van der Waals surface area (Å²) in [6.45, 7) is 0.0505. The van der Waals surface area contributed by atoms with Gasteiger partial charge in [0.2, 0.25) is 10.0 Å². The lowest BCUT2D eigenvalue weighted by Gasteiger charge is -2.15. The summed E-state index contributed by atoms with van der Waals surface area (Å²) < 4.78 is 39.3. The number of hydrogen-bond donors (Lipinski definition) is 1. The molecular weight excluding hydrogens is 398 g/mol. The number of nitrogens with one attached hydrogen (secondary N) is 1. The number of sulfonamides is 1. The Labute approximate surface area is 169 Å². The fourth-order valence-electron chi connectivity index (χ4n) is 2.87. The molecule has 5 nitrogen and oxygen atoms in total. The molecule has 3 rings (SSSR count). The molecule has 28 heavy (non-hydrogen) atoms. The normalized spacial score (nSPS) is 11.2. The van der Waals surface area contributed by atoms with Gasteiger partial charge in [0.25, 0.3) is 0 Å². The minimum Gasteiger partial charge on any atom is -0.497 e. The lowest BCUT2D eigenvalue weighted by molar-refractivity contribution is 0.390. The minimum absolute atomic E-state index is 0.0505. The van der Waals surface area contributed by atoms with E-state index in [1.165, 1.54) is 7.11 Å². The summed E-state index contributed by atoms with van der Waals surface area (Å²) in [6, 6.07) is 19.5. The maximum Gasteiger partial charge on any atom is 0.242 e. The van der Waals surface area contributed by atoms with Crippen molar-refractivity contribution in [2.45, 2.75) is 11.4 Å². The summed E-state index contributed by atoms with van der Waals surface area (Å²) in [7, 11) is -0.800. The van der Waals surface area contributed by atoms with Gasteiger partial charge in [-0.25, -0.2) is 13.1 Å². The SMILES string of the molecule is COc1ccc(CNS(=O)(=O)c2c(Cl)cccc2-c2ccccc2)c(OC)c1. The largest absolute Gasteiger partial charge is 0.497 e. The molecule has 7 heteroatoms. The molecule has 3 aromatic rings. The Morgan fingerprint density at radius 3 is 2.36 bits per heavy atom. The van der Waals surface area contributed by atoms with Gasteiger partial charge in [0, 0.05) is 23.7 Å². The quantitative estimate of drug-likeness (QED) is 0.614. The summed E-state index contributed by atoms with van der Waals surface area (Å²) >= 11 is 6.28. The predicted molar refractivity (Wildman–Crippen MR) is 110 cm³/mol. The maximum absolute atomic E-state index is 13.1. The Balaban J connectivity index is 1.95. The summed E-state index contributed by atoms with van der Waals surface area (Å²) in [5.41, 5.74) is 2.00. The first-order chi connectivity index (χ1) is 13.5. The zero-order valence-electron chi connectivity index (χ0n) is 15.5. The fourth-order valence-corrected chi connectivity index (χ4v) is 4.64. The van der Waals surface area contributed by atoms with Crippen molar-refractivity contribution in [1.29, 1.82) is 0 Å². The molecule has 0 saturated heterocycles. The molecule has 0 aromatic heterocycles. The van der Waals surface area contributed by atoms with Gasteiger partial charge in [0.15, 0.2) is 0 Å². The van der Waals surface area contributed by atoms with Gasteiger partial charge in [0.05, 0.1) is 19.2 Å². The van der Waals surface area contributed by atoms with Crippen LogP contribution in [0.5, 0.6) is 11.5 Å². The highest BCUT2D eigenvalue weighted by molar-refractivity contribution is 7.89. The van der Waals surface area contributed by atoms with E-state index in [1.807, 2.05) is 30.3 Å². The second-order valence-corrected chi connectivity index (χ2v) is 8.10. The van der Waals surface area contributed by atoms with Gasteiger partial charge in [-0.1, -0.05) is 60.1 Å². The highest BCUT2D eigenvalue weighted by Gasteiger charge is 2.23. The molecule has 0 heterocycles. The summed E-state index contributed by atoms with van der Waals surface area (Å²) in [5, 5.41) is 0.163. The van der Waals surface area contributed by atoms with Crippen molar-refractivity contribution in [3.8, 4) is 22.6 Å². The van der Waals surface area contributed by atoms with Crippen LogP contribution in [0.3, 0.4) is 0 Å². The van der Waals surface area contributed by atoms with Crippen LogP contribution in [-0.4, -0.2) is 22.6 Å². The van der Waals surface area contributed by atoms with Crippen molar-refractivity contribution in [2.75, 3.05) is 14.2 Å². The maximum atomic E-state index is 13.1. The van der Waals surface area contributed by atoms with Gasteiger partial charge < -0.3 is 9.47 Å². The zero-order chi connectivity index (χ0) is 20.1. The summed E-state index contributed by atoms with van der Waals surface area (Å²) in [4.78, 5) is 0.0512. The number of benzene rings is 3. The molecule has 0 radical (unpaired) electrons. The van der Waals surface area contributed by atoms with Crippen molar-refractivity contribution in [3.63, 3.8) is 0 Å². The molecule has 0 atom stereocenters. The van der Waals surface area contributed by atoms with Crippen LogP contribution in [0.1, 0.15) is 5.56 Å². The van der Waals surface area contributed by atoms with E-state index in [2.05, 4.69) is 4.72 Å². The Kier molecular flexibility index (Phi) is 6.24. The fraction of sp³-hybridized carbons (Fsp3) is 0.143. The molecule has 0 unspecified atom stereocenters. The second-order valence-electron chi connectivity index (χ2n) is 5.98. The smallest absolute Gasteiger partial charge is 0.242 e. The first-order valence-electron chi connectivity index (χ1n) is 8.51. The van der Waals surface area contributed by atoms with Gasteiger partial charge in [0.1, 0.15) is 16.4 Å². The first-order valence-corrected chi connectivity index (χ1v) is 10.4. The molecule has 146 valence electrons.